The van der Waals surface area contributed by atoms with Crippen LogP contribution < -0.4 is 10.1 Å². The summed E-state index contributed by atoms with van der Waals surface area (Å²) in [6, 6.07) is 6.09. The van der Waals surface area contributed by atoms with Crippen LogP contribution in [0.1, 0.15) is 51.1 Å². The Hall–Kier alpha value is -0.990. The lowest BCUT2D eigenvalue weighted by Gasteiger charge is -2.18. The van der Waals surface area contributed by atoms with E-state index in [2.05, 4.69) is 25.7 Å². The fourth-order valence-corrected chi connectivity index (χ4v) is 2.34. The molecular formula is C17H26ClNO. The monoisotopic (exact) mass is 295 g/mol. The van der Waals surface area contributed by atoms with Crippen LogP contribution in [-0.4, -0.2) is 13.2 Å². The summed E-state index contributed by atoms with van der Waals surface area (Å²) < 4.78 is 5.92. The van der Waals surface area contributed by atoms with Gasteiger partial charge in [-0.2, -0.15) is 0 Å². The Morgan fingerprint density at radius 2 is 2.15 bits per heavy atom. The highest BCUT2D eigenvalue weighted by Crippen LogP contribution is 2.28. The number of rotatable bonds is 10. The summed E-state index contributed by atoms with van der Waals surface area (Å²) in [5.41, 5.74) is 1.13. The average molecular weight is 296 g/mol. The summed E-state index contributed by atoms with van der Waals surface area (Å²) in [5, 5.41) is 4.15. The normalized spacial score (nSPS) is 12.2. The van der Waals surface area contributed by atoms with Crippen LogP contribution in [0.5, 0.6) is 5.75 Å². The van der Waals surface area contributed by atoms with Crippen molar-refractivity contribution in [2.24, 2.45) is 0 Å². The van der Waals surface area contributed by atoms with Gasteiger partial charge in [-0.3, -0.25) is 0 Å². The lowest BCUT2D eigenvalue weighted by molar-refractivity contribution is 0.299. The van der Waals surface area contributed by atoms with E-state index in [4.69, 9.17) is 16.3 Å². The van der Waals surface area contributed by atoms with Crippen molar-refractivity contribution in [2.45, 2.75) is 45.6 Å². The first-order chi connectivity index (χ1) is 9.69. The van der Waals surface area contributed by atoms with Crippen molar-refractivity contribution in [3.8, 4) is 5.75 Å². The number of allylic oxidation sites excluding steroid dienone is 1. The Balaban J connectivity index is 2.53. The van der Waals surface area contributed by atoms with Gasteiger partial charge < -0.3 is 10.1 Å². The van der Waals surface area contributed by atoms with E-state index in [1.807, 2.05) is 24.3 Å². The third kappa shape index (κ3) is 5.98. The molecule has 0 radical (unpaired) electrons. The van der Waals surface area contributed by atoms with Crippen LogP contribution in [0.4, 0.5) is 0 Å². The van der Waals surface area contributed by atoms with Gasteiger partial charge in [0.25, 0.3) is 0 Å². The maximum absolute atomic E-state index is 6.09. The molecule has 1 N–H and O–H groups in total. The number of ether oxygens (including phenoxy) is 1. The van der Waals surface area contributed by atoms with E-state index in [-0.39, 0.29) is 6.04 Å². The Bertz CT molecular complexity index is 406. The highest BCUT2D eigenvalue weighted by Gasteiger charge is 2.11. The molecule has 0 aliphatic heterocycles. The number of unbranched alkanes of at least 4 members (excludes halogenated alkanes) is 3. The Morgan fingerprint density at radius 1 is 1.35 bits per heavy atom. The molecule has 0 amide bonds. The van der Waals surface area contributed by atoms with Gasteiger partial charge in [0.15, 0.2) is 0 Å². The van der Waals surface area contributed by atoms with E-state index in [9.17, 15) is 0 Å². The first-order valence-electron chi connectivity index (χ1n) is 7.45. The third-order valence-corrected chi connectivity index (χ3v) is 3.49. The van der Waals surface area contributed by atoms with Gasteiger partial charge in [0.1, 0.15) is 5.75 Å². The lowest BCUT2D eigenvalue weighted by Crippen LogP contribution is -2.18. The van der Waals surface area contributed by atoms with E-state index >= 15 is 0 Å². The summed E-state index contributed by atoms with van der Waals surface area (Å²) in [6.45, 7) is 9.64. The molecule has 1 aromatic rings. The van der Waals surface area contributed by atoms with Crippen molar-refractivity contribution in [1.82, 2.24) is 5.32 Å². The molecule has 0 heterocycles. The second-order valence-electron chi connectivity index (χ2n) is 4.95. The molecule has 0 aliphatic carbocycles. The van der Waals surface area contributed by atoms with Crippen molar-refractivity contribution in [3.05, 3.63) is 41.4 Å². The van der Waals surface area contributed by atoms with Gasteiger partial charge >= 0.3 is 0 Å². The molecule has 1 atom stereocenters. The molecule has 0 bridgehead atoms. The van der Waals surface area contributed by atoms with E-state index in [1.165, 1.54) is 12.8 Å². The summed E-state index contributed by atoms with van der Waals surface area (Å²) in [6.07, 6.45) is 6.50. The second-order valence-corrected chi connectivity index (χ2v) is 5.38. The second kappa shape index (κ2) is 9.84. The molecular weight excluding hydrogens is 270 g/mol. The van der Waals surface area contributed by atoms with Crippen LogP contribution >= 0.6 is 11.6 Å². The van der Waals surface area contributed by atoms with Crippen LogP contribution in [0.2, 0.25) is 5.02 Å². The zero-order valence-corrected chi connectivity index (χ0v) is 13.4. The molecule has 1 unspecified atom stereocenters. The van der Waals surface area contributed by atoms with Crippen molar-refractivity contribution in [2.75, 3.05) is 13.2 Å². The molecule has 0 saturated heterocycles. The smallest absolute Gasteiger partial charge is 0.124 e. The average Bonchev–Trinajstić information content (AvgIpc) is 2.44. The molecule has 2 nitrogen and oxygen atoms in total. The fourth-order valence-electron chi connectivity index (χ4n) is 2.15. The molecule has 1 rings (SSSR count). The Morgan fingerprint density at radius 3 is 2.85 bits per heavy atom. The number of halogens is 1. The molecule has 3 heteroatoms. The van der Waals surface area contributed by atoms with E-state index in [1.54, 1.807) is 0 Å². The van der Waals surface area contributed by atoms with E-state index in [0.717, 1.165) is 42.3 Å². The summed E-state index contributed by atoms with van der Waals surface area (Å²) in [5.74, 6) is 0.937. The zero-order valence-electron chi connectivity index (χ0n) is 12.6. The highest BCUT2D eigenvalue weighted by molar-refractivity contribution is 6.30. The zero-order chi connectivity index (χ0) is 14.8. The van der Waals surface area contributed by atoms with Gasteiger partial charge in [0, 0.05) is 16.6 Å². The van der Waals surface area contributed by atoms with Crippen LogP contribution in [0, 0.1) is 0 Å². The van der Waals surface area contributed by atoms with Gasteiger partial charge in [0.05, 0.1) is 6.61 Å². The predicted octanol–water partition coefficient (Wildman–Crippen LogP) is 5.14. The van der Waals surface area contributed by atoms with E-state index < -0.39 is 0 Å². The highest BCUT2D eigenvalue weighted by atomic mass is 35.5. The Labute approximate surface area is 128 Å². The first kappa shape index (κ1) is 17.1. The van der Waals surface area contributed by atoms with Gasteiger partial charge in [-0.25, -0.2) is 0 Å². The SMILES string of the molecule is C=CCCCCCOc1ccc(Cl)cc1C(C)NCC. The molecule has 20 heavy (non-hydrogen) atoms. The van der Waals surface area contributed by atoms with Crippen LogP contribution in [0.25, 0.3) is 0 Å². The molecule has 0 spiro atoms. The van der Waals surface area contributed by atoms with Gasteiger partial charge in [-0.15, -0.1) is 6.58 Å². The van der Waals surface area contributed by atoms with Crippen molar-refractivity contribution in [3.63, 3.8) is 0 Å². The minimum atomic E-state index is 0.245. The van der Waals surface area contributed by atoms with E-state index in [0.29, 0.717) is 0 Å². The van der Waals surface area contributed by atoms with Crippen molar-refractivity contribution < 1.29 is 4.74 Å². The first-order valence-corrected chi connectivity index (χ1v) is 7.83. The quantitative estimate of drug-likeness (QED) is 0.477. The third-order valence-electron chi connectivity index (χ3n) is 3.26. The molecule has 0 fully saturated rings. The molecule has 0 aliphatic rings. The number of hydrogen-bond donors (Lipinski definition) is 1. The minimum Gasteiger partial charge on any atom is -0.493 e. The lowest BCUT2D eigenvalue weighted by atomic mass is 10.1. The summed E-state index contributed by atoms with van der Waals surface area (Å²) >= 11 is 6.09. The van der Waals surface area contributed by atoms with Crippen LogP contribution in [0.15, 0.2) is 30.9 Å². The molecule has 1 aromatic carbocycles. The van der Waals surface area contributed by atoms with Crippen molar-refractivity contribution >= 4 is 11.6 Å². The van der Waals surface area contributed by atoms with Gasteiger partial charge in [-0.1, -0.05) is 24.6 Å². The standard InChI is InChI=1S/C17H26ClNO/c1-4-6-7-8-9-12-20-17-11-10-15(18)13-16(17)14(3)19-5-2/h4,10-11,13-14,19H,1,5-9,12H2,2-3H3. The van der Waals surface area contributed by atoms with Crippen LogP contribution in [-0.2, 0) is 0 Å². The minimum absolute atomic E-state index is 0.245. The summed E-state index contributed by atoms with van der Waals surface area (Å²) in [7, 11) is 0. The summed E-state index contributed by atoms with van der Waals surface area (Å²) in [4.78, 5) is 0. The molecule has 112 valence electrons. The maximum Gasteiger partial charge on any atom is 0.124 e. The molecule has 0 saturated carbocycles. The Kier molecular flexibility index (Phi) is 8.40. The largest absolute Gasteiger partial charge is 0.493 e. The van der Waals surface area contributed by atoms with Gasteiger partial charge in [-0.05, 0) is 57.4 Å². The number of benzene rings is 1. The number of nitrogens with one attached hydrogen (secondary N) is 1. The van der Waals surface area contributed by atoms with Crippen LogP contribution in [0.3, 0.4) is 0 Å². The molecule has 0 aromatic heterocycles. The maximum atomic E-state index is 6.09. The van der Waals surface area contributed by atoms with Gasteiger partial charge in [0.2, 0.25) is 0 Å². The number of hydrogen-bond acceptors (Lipinski definition) is 2. The fraction of sp³-hybridized carbons (Fsp3) is 0.529. The topological polar surface area (TPSA) is 21.3 Å². The van der Waals surface area contributed by atoms with Crippen molar-refractivity contribution in [1.29, 1.82) is 0 Å². The predicted molar refractivity (Wildman–Crippen MR) is 87.7 cm³/mol.